The minimum Gasteiger partial charge on any atom is -0.358 e. The summed E-state index contributed by atoms with van der Waals surface area (Å²) in [6, 6.07) is 8.19. The van der Waals surface area contributed by atoms with Crippen molar-refractivity contribution in [1.82, 2.24) is 5.32 Å². The highest BCUT2D eigenvalue weighted by molar-refractivity contribution is 8.01. The van der Waals surface area contributed by atoms with Crippen LogP contribution < -0.4 is 5.32 Å². The highest BCUT2D eigenvalue weighted by atomic mass is 32.2. The van der Waals surface area contributed by atoms with Crippen molar-refractivity contribution in [3.8, 4) is 0 Å². The van der Waals surface area contributed by atoms with Gasteiger partial charge in [-0.15, -0.1) is 11.8 Å². The van der Waals surface area contributed by atoms with Gasteiger partial charge in [0.1, 0.15) is 0 Å². The summed E-state index contributed by atoms with van der Waals surface area (Å²) in [5.74, 6) is 0.126. The molecule has 1 unspecified atom stereocenters. The van der Waals surface area contributed by atoms with Crippen LogP contribution in [0.2, 0.25) is 0 Å². The number of carbonyl (C=O) groups excluding carboxylic acids is 1. The average Bonchev–Trinajstić information content (AvgIpc) is 2.59. The van der Waals surface area contributed by atoms with Gasteiger partial charge in [-0.3, -0.25) is 4.79 Å². The van der Waals surface area contributed by atoms with Gasteiger partial charge in [0.15, 0.2) is 0 Å². The number of benzene rings is 1. The van der Waals surface area contributed by atoms with E-state index in [9.17, 15) is 4.79 Å². The van der Waals surface area contributed by atoms with Crippen LogP contribution in [0.4, 0.5) is 0 Å². The quantitative estimate of drug-likeness (QED) is 0.731. The fraction of sp³-hybridized carbons (Fsp3) is 0.300. The highest BCUT2D eigenvalue weighted by Gasteiger charge is 2.26. The fourth-order valence-corrected chi connectivity index (χ4v) is 2.74. The Morgan fingerprint density at radius 1 is 1.54 bits per heavy atom. The van der Waals surface area contributed by atoms with Crippen LogP contribution >= 0.6 is 11.8 Å². The maximum Gasteiger partial charge on any atom is 0.233 e. The van der Waals surface area contributed by atoms with E-state index in [2.05, 4.69) is 17.4 Å². The molecule has 1 N–H and O–H groups in total. The van der Waals surface area contributed by atoms with Crippen molar-refractivity contribution in [2.45, 2.75) is 16.6 Å². The highest BCUT2D eigenvalue weighted by Crippen LogP contribution is 2.36. The first kappa shape index (κ1) is 8.63. The Labute approximate surface area is 81.7 Å². The molecule has 1 atom stereocenters. The third kappa shape index (κ3) is 1.56. The Balaban J connectivity index is 2.18. The van der Waals surface area contributed by atoms with E-state index in [-0.39, 0.29) is 11.2 Å². The van der Waals surface area contributed by atoms with E-state index in [1.54, 1.807) is 18.8 Å². The first-order valence-electron chi connectivity index (χ1n) is 4.27. The normalized spacial score (nSPS) is 19.6. The van der Waals surface area contributed by atoms with E-state index in [4.69, 9.17) is 0 Å². The molecule has 0 saturated carbocycles. The maximum absolute atomic E-state index is 11.4. The number of carbonyl (C=O) groups is 1. The molecule has 1 aromatic carbocycles. The third-order valence-electron chi connectivity index (χ3n) is 2.19. The molecule has 1 aromatic rings. The van der Waals surface area contributed by atoms with Gasteiger partial charge in [0.2, 0.25) is 5.91 Å². The van der Waals surface area contributed by atoms with Crippen LogP contribution in [-0.2, 0) is 11.2 Å². The smallest absolute Gasteiger partial charge is 0.233 e. The van der Waals surface area contributed by atoms with Crippen LogP contribution in [0.3, 0.4) is 0 Å². The van der Waals surface area contributed by atoms with Crippen molar-refractivity contribution >= 4 is 17.7 Å². The van der Waals surface area contributed by atoms with Gasteiger partial charge in [-0.05, 0) is 18.1 Å². The van der Waals surface area contributed by atoms with E-state index in [1.807, 2.05) is 12.1 Å². The number of amides is 1. The molecule has 0 aromatic heterocycles. The summed E-state index contributed by atoms with van der Waals surface area (Å²) in [4.78, 5) is 12.6. The molecule has 0 bridgehead atoms. The summed E-state index contributed by atoms with van der Waals surface area (Å²) in [5, 5.41) is 2.75. The maximum atomic E-state index is 11.4. The Morgan fingerprint density at radius 3 is 3.00 bits per heavy atom. The SMILES string of the molecule is CNC(=O)C1Cc2ccccc2S1. The zero-order valence-corrected chi connectivity index (χ0v) is 8.23. The zero-order chi connectivity index (χ0) is 9.26. The molecule has 0 fully saturated rings. The Hall–Kier alpha value is -0.960. The molecule has 2 nitrogen and oxygen atoms in total. The van der Waals surface area contributed by atoms with E-state index < -0.39 is 0 Å². The van der Waals surface area contributed by atoms with Crippen molar-refractivity contribution in [1.29, 1.82) is 0 Å². The van der Waals surface area contributed by atoms with Crippen molar-refractivity contribution in [3.63, 3.8) is 0 Å². The van der Waals surface area contributed by atoms with Crippen molar-refractivity contribution in [3.05, 3.63) is 29.8 Å². The van der Waals surface area contributed by atoms with Gasteiger partial charge in [0.25, 0.3) is 0 Å². The first-order valence-corrected chi connectivity index (χ1v) is 5.15. The lowest BCUT2D eigenvalue weighted by Gasteiger charge is -2.04. The summed E-state index contributed by atoms with van der Waals surface area (Å²) in [6.07, 6.45) is 0.862. The van der Waals surface area contributed by atoms with Crippen molar-refractivity contribution in [2.75, 3.05) is 7.05 Å². The molecule has 3 heteroatoms. The van der Waals surface area contributed by atoms with Crippen LogP contribution in [0.15, 0.2) is 29.2 Å². The standard InChI is InChI=1S/C10H11NOS/c1-11-10(12)9-6-7-4-2-3-5-8(7)13-9/h2-5,9H,6H2,1H3,(H,11,12). The lowest BCUT2D eigenvalue weighted by atomic mass is 10.1. The monoisotopic (exact) mass is 193 g/mol. The molecule has 0 aliphatic carbocycles. The Morgan fingerprint density at radius 2 is 2.31 bits per heavy atom. The van der Waals surface area contributed by atoms with Gasteiger partial charge in [-0.2, -0.15) is 0 Å². The summed E-state index contributed by atoms with van der Waals surface area (Å²) in [7, 11) is 1.69. The second-order valence-electron chi connectivity index (χ2n) is 3.03. The topological polar surface area (TPSA) is 29.1 Å². The Bertz CT molecular complexity index is 312. The number of thioether (sulfide) groups is 1. The average molecular weight is 193 g/mol. The largest absolute Gasteiger partial charge is 0.358 e. The second kappa shape index (κ2) is 3.42. The molecule has 1 amide bonds. The number of hydrogen-bond acceptors (Lipinski definition) is 2. The number of fused-ring (bicyclic) bond motifs is 1. The molecule has 1 aliphatic rings. The fourth-order valence-electron chi connectivity index (χ4n) is 1.49. The van der Waals surface area contributed by atoms with E-state index in [0.29, 0.717) is 0 Å². The summed E-state index contributed by atoms with van der Waals surface area (Å²) < 4.78 is 0. The van der Waals surface area contributed by atoms with Gasteiger partial charge >= 0.3 is 0 Å². The van der Waals surface area contributed by atoms with E-state index in [1.165, 1.54) is 10.5 Å². The lowest BCUT2D eigenvalue weighted by molar-refractivity contribution is -0.120. The molecule has 0 saturated heterocycles. The number of hydrogen-bond donors (Lipinski definition) is 1. The molecule has 1 heterocycles. The van der Waals surface area contributed by atoms with Gasteiger partial charge < -0.3 is 5.32 Å². The summed E-state index contributed by atoms with van der Waals surface area (Å²) in [5.41, 5.74) is 1.29. The summed E-state index contributed by atoms with van der Waals surface area (Å²) in [6.45, 7) is 0. The van der Waals surface area contributed by atoms with Gasteiger partial charge in [-0.1, -0.05) is 18.2 Å². The van der Waals surface area contributed by atoms with E-state index in [0.717, 1.165) is 6.42 Å². The minimum atomic E-state index is 0.0717. The van der Waals surface area contributed by atoms with Crippen molar-refractivity contribution in [2.24, 2.45) is 0 Å². The lowest BCUT2D eigenvalue weighted by Crippen LogP contribution is -2.28. The molecule has 68 valence electrons. The molecule has 1 aliphatic heterocycles. The predicted octanol–water partition coefficient (Wildman–Crippen LogP) is 1.45. The molecular formula is C10H11NOS. The molecular weight excluding hydrogens is 182 g/mol. The Kier molecular flexibility index (Phi) is 2.27. The minimum absolute atomic E-state index is 0.0717. The van der Waals surface area contributed by atoms with Crippen LogP contribution in [-0.4, -0.2) is 18.2 Å². The van der Waals surface area contributed by atoms with Crippen LogP contribution in [0.25, 0.3) is 0 Å². The summed E-state index contributed by atoms with van der Waals surface area (Å²) >= 11 is 1.66. The van der Waals surface area contributed by atoms with Crippen LogP contribution in [0, 0.1) is 0 Å². The molecule has 2 rings (SSSR count). The number of rotatable bonds is 1. The van der Waals surface area contributed by atoms with Crippen LogP contribution in [0.1, 0.15) is 5.56 Å². The number of nitrogens with one attached hydrogen (secondary N) is 1. The molecule has 13 heavy (non-hydrogen) atoms. The van der Waals surface area contributed by atoms with Gasteiger partial charge in [-0.25, -0.2) is 0 Å². The molecule has 0 spiro atoms. The van der Waals surface area contributed by atoms with Crippen molar-refractivity contribution < 1.29 is 4.79 Å². The predicted molar refractivity (Wildman–Crippen MR) is 53.9 cm³/mol. The van der Waals surface area contributed by atoms with Crippen LogP contribution in [0.5, 0.6) is 0 Å². The first-order chi connectivity index (χ1) is 6.31. The van der Waals surface area contributed by atoms with E-state index >= 15 is 0 Å². The van der Waals surface area contributed by atoms with Gasteiger partial charge in [0.05, 0.1) is 5.25 Å². The second-order valence-corrected chi connectivity index (χ2v) is 4.28. The van der Waals surface area contributed by atoms with Gasteiger partial charge in [0, 0.05) is 11.9 Å². The zero-order valence-electron chi connectivity index (χ0n) is 7.41. The molecule has 0 radical (unpaired) electrons. The third-order valence-corrected chi connectivity index (χ3v) is 3.50.